The third-order valence-electron chi connectivity index (χ3n) is 32.5. The molecule has 1 aliphatic heterocycles. The Morgan fingerprint density at radius 2 is 0.951 bits per heavy atom. The zero-order chi connectivity index (χ0) is 95.7. The fourth-order valence-corrected chi connectivity index (χ4v) is 23.1. The van der Waals surface area contributed by atoms with Gasteiger partial charge in [-0.1, -0.05) is 269 Å². The third-order valence-corrected chi connectivity index (χ3v) is 32.5. The van der Waals surface area contributed by atoms with Gasteiger partial charge in [-0.05, 0) is 294 Å². The molecule has 757 valence electrons. The van der Waals surface area contributed by atoms with Gasteiger partial charge in [0.05, 0.1) is 11.4 Å². The maximum absolute atomic E-state index is 14.6. The molecule has 20 rings (SSSR count). The molecule has 1 radical (unpaired) electrons. The van der Waals surface area contributed by atoms with Gasteiger partial charge in [0, 0.05) is 95.5 Å². The number of aromatic nitrogens is 5. The van der Waals surface area contributed by atoms with E-state index in [1.54, 1.807) is 12.4 Å². The summed E-state index contributed by atoms with van der Waals surface area (Å²) in [5.41, 5.74) is 27.9. The molecule has 142 heavy (non-hydrogen) atoms. The minimum absolute atomic E-state index is 0. The second-order valence-corrected chi connectivity index (χ2v) is 41.4. The predicted molar refractivity (Wildman–Crippen MR) is 581 cm³/mol. The summed E-state index contributed by atoms with van der Waals surface area (Å²) < 4.78 is 42.4. The molecule has 15 aromatic rings. The van der Waals surface area contributed by atoms with Gasteiger partial charge in [-0.3, -0.25) is 13.8 Å². The zero-order valence-corrected chi connectivity index (χ0v) is 99.3. The molecule has 4 aliphatic carbocycles. The van der Waals surface area contributed by atoms with Crippen LogP contribution in [-0.4, -0.2) is 36.5 Å². The van der Waals surface area contributed by atoms with E-state index in [-0.39, 0.29) is 127 Å². The van der Waals surface area contributed by atoms with Crippen molar-refractivity contribution in [3.05, 3.63) is 353 Å². The van der Waals surface area contributed by atoms with Crippen LogP contribution in [0, 0.1) is 202 Å². The first-order valence-electron chi connectivity index (χ1n) is 49.4. The Morgan fingerprint density at radius 3 is 1.44 bits per heavy atom. The number of benzene rings is 9. The average molecular weight is 2610 g/mol. The molecule has 9 nitrogen and oxygen atoms in total. The van der Waals surface area contributed by atoms with Crippen molar-refractivity contribution in [1.82, 2.24) is 29.4 Å². The molecular weight excluding hydrogens is 2460 g/mol. The normalized spacial score (nSPS) is 22.8. The van der Waals surface area contributed by atoms with E-state index in [0.717, 1.165) is 189 Å². The second-order valence-electron chi connectivity index (χ2n) is 41.4. The molecule has 0 saturated heterocycles. The molecular formula is C127H152F2Ir2N7O2Os2-2. The largest absolute Gasteiger partial charge is 3.00 e. The molecule has 0 bridgehead atoms. The molecule has 16 atom stereocenters. The van der Waals surface area contributed by atoms with Crippen LogP contribution in [0.5, 0.6) is 0 Å². The van der Waals surface area contributed by atoms with Crippen LogP contribution in [-0.2, 0) is 79.8 Å². The van der Waals surface area contributed by atoms with E-state index >= 15 is 0 Å². The molecule has 15 heteroatoms. The average Bonchev–Trinajstić information content (AvgIpc) is 1.56. The molecule has 4 fully saturated rings. The van der Waals surface area contributed by atoms with E-state index in [2.05, 4.69) is 320 Å². The van der Waals surface area contributed by atoms with Crippen molar-refractivity contribution in [3.63, 3.8) is 0 Å². The predicted octanol–water partition coefficient (Wildman–Crippen LogP) is 35.3. The quantitative estimate of drug-likeness (QED) is 0.112. The smallest absolute Gasteiger partial charge is 0.514 e. The number of halogens is 2. The van der Waals surface area contributed by atoms with Crippen LogP contribution in [0.3, 0.4) is 0 Å². The molecule has 6 aromatic heterocycles. The maximum atomic E-state index is 14.6. The van der Waals surface area contributed by atoms with Crippen molar-refractivity contribution in [3.8, 4) is 61.8 Å². The van der Waals surface area contributed by atoms with Crippen molar-refractivity contribution >= 4 is 55.4 Å². The number of furan rings is 2. The van der Waals surface area contributed by atoms with Gasteiger partial charge in [0.2, 0.25) is 5.71 Å². The number of anilines is 1. The van der Waals surface area contributed by atoms with Crippen LogP contribution in [0.15, 0.2) is 234 Å². The molecule has 0 N–H and O–H groups in total. The molecule has 4 saturated carbocycles. The third kappa shape index (κ3) is 25.3. The van der Waals surface area contributed by atoms with E-state index in [1.165, 1.54) is 63.0 Å². The van der Waals surface area contributed by atoms with Gasteiger partial charge in [0.15, 0.2) is 0 Å². The first kappa shape index (κ1) is 120. The van der Waals surface area contributed by atoms with Crippen LogP contribution in [0.4, 0.5) is 14.5 Å². The molecule has 5 aliphatic rings. The first-order valence-corrected chi connectivity index (χ1v) is 49.4. The number of hydrogen-bond donors (Lipinski definition) is 0. The van der Waals surface area contributed by atoms with Crippen molar-refractivity contribution in [2.24, 2.45) is 94.7 Å². The van der Waals surface area contributed by atoms with E-state index in [4.69, 9.17) is 13.8 Å². The van der Waals surface area contributed by atoms with E-state index in [0.29, 0.717) is 47.0 Å². The van der Waals surface area contributed by atoms with Gasteiger partial charge >= 0.3 is 59.7 Å². The Labute approximate surface area is 905 Å². The molecule has 0 amide bonds. The fraction of sp³-hybridized carbons (Fsp3) is 0.378. The topological polar surface area (TPSA) is 89.3 Å². The summed E-state index contributed by atoms with van der Waals surface area (Å²) in [4.78, 5) is 22.4. The van der Waals surface area contributed by atoms with E-state index < -0.39 is 11.6 Å². The minimum atomic E-state index is -0.675. The standard InChI is InChI=1S/C34H35N2O.C33H36N2O.C27H25F2N2.C11H8N.2C9H18.4CH3.2Ir.2Os/c1-18-15-26(32-23(6)21(4)22(5)24(32)7)16-19(2)31(18)25-12-14-30(35-17-25)29-10-8-9-27-28-13-11-20(3)36-34(28)37-33(27)29;1-19-15-25(32-23(5)21(3)22(4)24(32)6)16-20(2)31(19)29-17-35(18-34(29)7)28-13-10-12-27-26-11-8-9-14-30(26)36-33(27)28;1-17(2)23-14-20(19-8-6-5-7-9-19)15-24(18(3)4)26(23)31-13-12-30-27(31)22-11-10-21(28)16-25(22)29;1-2-6-10(7-3-1)11-8-4-5-9-12-11;2*1-6-5-7(2)9(4)8(6)3;;;;;;;;/h8-9,11-17,21-24,32H,1-7H3;8-12,14-18,21-24,32H,1-7H3;5-10,12-18H,1-4H3;1-6,8-9H;2*6-9H,5H2,1-4H3;4*1H3;;;;/q-1;-2;2*-1;;;4*-1;;+3;2*+2. The second kappa shape index (κ2) is 51.9. The van der Waals surface area contributed by atoms with E-state index in [1.807, 2.05) is 121 Å². The number of pyridine rings is 3. The summed E-state index contributed by atoms with van der Waals surface area (Å²) in [6.07, 6.45) is 12.4. The number of fused-ring (bicyclic) bond motifs is 6. The van der Waals surface area contributed by atoms with Crippen LogP contribution < -0.4 is 4.90 Å². The van der Waals surface area contributed by atoms with E-state index in [9.17, 15) is 8.78 Å². The molecule has 0 spiro atoms. The van der Waals surface area contributed by atoms with Gasteiger partial charge < -0.3 is 62.9 Å². The Morgan fingerprint density at radius 1 is 0.437 bits per heavy atom. The Hall–Kier alpha value is -8.99. The van der Waals surface area contributed by atoms with Gasteiger partial charge in [-0.2, -0.15) is 24.9 Å². The Bertz CT molecular complexity index is 6440. The van der Waals surface area contributed by atoms with Crippen molar-refractivity contribution in [2.75, 3.05) is 11.9 Å². The van der Waals surface area contributed by atoms with Crippen molar-refractivity contribution in [2.45, 2.75) is 210 Å². The van der Waals surface area contributed by atoms with Gasteiger partial charge in [0.1, 0.15) is 5.58 Å². The maximum Gasteiger partial charge on any atom is 3.00 e. The molecule has 9 aromatic carbocycles. The summed E-state index contributed by atoms with van der Waals surface area (Å²) in [6, 6.07) is 77.5. The van der Waals surface area contributed by atoms with Gasteiger partial charge in [0.25, 0.3) is 0 Å². The number of rotatable bonds is 12. The van der Waals surface area contributed by atoms with Crippen LogP contribution >= 0.6 is 0 Å². The summed E-state index contributed by atoms with van der Waals surface area (Å²) in [5, 5.41) is 4.33. The Balaban J connectivity index is 0.000000246. The summed E-state index contributed by atoms with van der Waals surface area (Å²) in [7, 11) is 2.13. The van der Waals surface area contributed by atoms with Crippen LogP contribution in [0.1, 0.15) is 231 Å². The zero-order valence-electron chi connectivity index (χ0n) is 89.5. The monoisotopic (exact) mass is 2620 g/mol. The summed E-state index contributed by atoms with van der Waals surface area (Å²) in [5.74, 6) is 14.3. The van der Waals surface area contributed by atoms with Crippen LogP contribution in [0.25, 0.3) is 112 Å². The minimum Gasteiger partial charge on any atom is -0.514 e. The number of nitrogens with zero attached hydrogens (tertiary/aromatic N) is 7. The van der Waals surface area contributed by atoms with Gasteiger partial charge in [-0.25, -0.2) is 4.98 Å². The molecule has 7 heterocycles. The van der Waals surface area contributed by atoms with Crippen molar-refractivity contribution < 1.29 is 97.4 Å². The number of hydrogen-bond acceptors (Lipinski definition) is 8. The van der Waals surface area contributed by atoms with Gasteiger partial charge in [-0.15, -0.1) is 66.2 Å². The first-order chi connectivity index (χ1) is 64.1. The number of imidazole rings is 1. The number of para-hydroxylation sites is 1. The Kier molecular flexibility index (Phi) is 43.8. The van der Waals surface area contributed by atoms with Crippen molar-refractivity contribution in [1.29, 1.82) is 0 Å². The fourth-order valence-electron chi connectivity index (χ4n) is 23.1. The molecule has 16 unspecified atom stereocenters. The summed E-state index contributed by atoms with van der Waals surface area (Å²) in [6.45, 7) is 60.3. The SMILES string of the molecule is CC(C)c1cc(-c2ccccc2)cc(C(C)C)c1-n1ccnc1-c1[c-]cc(F)cc1F.CC1CC(C)C(C)C1C.CC1CC(C)C(C)C1C.Cc1cc(C2C(C)C(C)C(C)C2C)cc(C)c1C1=CN(c2[c-]ccc3c2oc2ccccc23)[CH-]N1C.Cc1ccc2c(n1)oc1c(-c3ccc(-c4c(C)cc(C5C(C)C(C)C(C)C5C)cc4C)cn3)[c-]ccc12.[CH3-].[CH3-].[CH3-].[CH3-].[Ir+3].[Ir].[Os+2].[Os+2].[c-]1ccccc1-c1ccccn1. The number of aryl methyl sites for hydroxylation is 5. The summed E-state index contributed by atoms with van der Waals surface area (Å²) >= 11 is 0. The van der Waals surface area contributed by atoms with Crippen LogP contribution in [0.2, 0.25) is 0 Å².